The number of aryl methyl sites for hydroxylation is 3. The Morgan fingerprint density at radius 3 is 1.26 bits per heavy atom. The smallest absolute Gasteiger partial charge is 0.297 e. The molecule has 47 heavy (non-hydrogen) atoms. The van der Waals surface area contributed by atoms with E-state index in [9.17, 15) is 25.3 Å². The van der Waals surface area contributed by atoms with Crippen LogP contribution in [0.25, 0.3) is 0 Å². The molecule has 0 bridgehead atoms. The van der Waals surface area contributed by atoms with Crippen molar-refractivity contribution in [1.82, 2.24) is 0 Å². The minimum atomic E-state index is -4.13. The van der Waals surface area contributed by atoms with Crippen LogP contribution in [0.4, 0.5) is 0 Å². The molecule has 0 N–H and O–H groups in total. The van der Waals surface area contributed by atoms with Crippen molar-refractivity contribution in [1.29, 1.82) is 0 Å². The Morgan fingerprint density at radius 1 is 0.532 bits per heavy atom. The van der Waals surface area contributed by atoms with Gasteiger partial charge in [0.15, 0.2) is 5.79 Å². The Morgan fingerprint density at radius 2 is 0.872 bits per heavy atom. The van der Waals surface area contributed by atoms with E-state index < -0.39 is 61.6 Å². The Kier molecular flexibility index (Phi) is 12.4. The third-order valence-corrected chi connectivity index (χ3v) is 11.6. The van der Waals surface area contributed by atoms with Crippen molar-refractivity contribution in [2.45, 2.75) is 92.5 Å². The molecule has 0 spiro atoms. The fourth-order valence-corrected chi connectivity index (χ4v) is 7.70. The van der Waals surface area contributed by atoms with E-state index in [2.05, 4.69) is 0 Å². The van der Waals surface area contributed by atoms with Crippen LogP contribution in [0.2, 0.25) is 0 Å². The van der Waals surface area contributed by atoms with Gasteiger partial charge in [-0.15, -0.1) is 0 Å². The molecule has 1 heterocycles. The van der Waals surface area contributed by atoms with Gasteiger partial charge in [0.05, 0.1) is 34.5 Å². The zero-order valence-electron chi connectivity index (χ0n) is 27.0. The van der Waals surface area contributed by atoms with Crippen molar-refractivity contribution >= 4 is 30.4 Å². The van der Waals surface area contributed by atoms with E-state index in [1.807, 2.05) is 20.8 Å². The molecule has 0 amide bonds. The lowest BCUT2D eigenvalue weighted by Crippen LogP contribution is -2.33. The molecule has 4 rings (SSSR count). The molecule has 0 radical (unpaired) electrons. The van der Waals surface area contributed by atoms with Crippen molar-refractivity contribution in [3.8, 4) is 0 Å². The van der Waals surface area contributed by atoms with E-state index in [1.54, 1.807) is 43.3 Å². The maximum absolute atomic E-state index is 12.9. The molecule has 1 aliphatic rings. The van der Waals surface area contributed by atoms with E-state index >= 15 is 0 Å². The maximum atomic E-state index is 12.9. The molecule has 2 atom stereocenters. The quantitative estimate of drug-likeness (QED) is 0.128. The third-order valence-electron chi connectivity index (χ3n) is 7.68. The lowest BCUT2D eigenvalue weighted by Gasteiger charge is -2.23. The second-order valence-electron chi connectivity index (χ2n) is 11.8. The average Bonchev–Trinajstić information content (AvgIpc) is 3.34. The molecular formula is C33H42O11S3. The summed E-state index contributed by atoms with van der Waals surface area (Å²) in [4.78, 5) is 0.0762. The third kappa shape index (κ3) is 10.6. The van der Waals surface area contributed by atoms with Crippen LogP contribution in [0.5, 0.6) is 0 Å². The fourth-order valence-electron chi connectivity index (χ4n) is 4.92. The topological polar surface area (TPSA) is 149 Å². The van der Waals surface area contributed by atoms with Gasteiger partial charge in [-0.05, 0) is 76.9 Å². The van der Waals surface area contributed by atoms with Gasteiger partial charge in [-0.2, -0.15) is 25.3 Å². The predicted octanol–water partition coefficient (Wildman–Crippen LogP) is 5.58. The molecule has 3 aromatic rings. The first kappa shape index (κ1) is 37.1. The molecule has 14 heteroatoms. The first-order valence-corrected chi connectivity index (χ1v) is 19.6. The summed E-state index contributed by atoms with van der Waals surface area (Å²) in [6.45, 7) is 6.44. The van der Waals surface area contributed by atoms with Crippen molar-refractivity contribution < 1.29 is 47.3 Å². The molecular weight excluding hydrogens is 669 g/mol. The largest absolute Gasteiger partial charge is 0.342 e. The minimum absolute atomic E-state index is 0.0184. The number of rotatable bonds is 17. The highest BCUT2D eigenvalue weighted by atomic mass is 32.2. The number of hydrogen-bond donors (Lipinski definition) is 0. The van der Waals surface area contributed by atoms with Crippen molar-refractivity contribution in [2.75, 3.05) is 19.8 Å². The molecule has 258 valence electrons. The SMILES string of the molecule is Cc1ccc(S(=O)(=O)OCCCCCCC2(C)O[C@H](COS(=O)(=O)c3ccc(C)cc3)[C@@H](COS(=O)(=O)c3ccc(C)cc3)O2)cc1. The van der Waals surface area contributed by atoms with Gasteiger partial charge in [0.1, 0.15) is 12.2 Å². The Bertz CT molecular complexity index is 1700. The molecule has 1 aliphatic heterocycles. The highest BCUT2D eigenvalue weighted by Gasteiger charge is 2.45. The number of unbranched alkanes of at least 4 members (excludes halogenated alkanes) is 3. The molecule has 0 saturated carbocycles. The highest BCUT2D eigenvalue weighted by molar-refractivity contribution is 7.87. The van der Waals surface area contributed by atoms with Crippen LogP contribution in [-0.4, -0.2) is 63.1 Å². The molecule has 1 saturated heterocycles. The molecule has 0 aromatic heterocycles. The standard InChI is InChI=1S/C33H42O11S3/c1-25-9-15-28(16-10-25)45(34,35)40-22-8-6-5-7-21-33(4)43-31(23-41-46(36,37)29-17-11-26(2)12-18-29)32(44-33)24-42-47(38,39)30-19-13-27(3)14-20-30/h9-20,31-32H,5-8,21-24H2,1-4H3/t31-,32-/m1/s1. The van der Waals surface area contributed by atoms with Gasteiger partial charge in [-0.25, -0.2) is 0 Å². The van der Waals surface area contributed by atoms with Crippen molar-refractivity contribution in [2.24, 2.45) is 0 Å². The summed E-state index contributed by atoms with van der Waals surface area (Å²) in [5, 5.41) is 0. The van der Waals surface area contributed by atoms with E-state index in [0.29, 0.717) is 32.1 Å². The summed E-state index contributed by atoms with van der Waals surface area (Å²) in [6, 6.07) is 18.8. The summed E-state index contributed by atoms with van der Waals surface area (Å²) >= 11 is 0. The molecule has 1 fully saturated rings. The van der Waals surface area contributed by atoms with Crippen molar-refractivity contribution in [3.05, 3.63) is 89.5 Å². The number of ether oxygens (including phenoxy) is 2. The van der Waals surface area contributed by atoms with Gasteiger partial charge in [0, 0.05) is 6.42 Å². The predicted molar refractivity (Wildman–Crippen MR) is 174 cm³/mol. The molecule has 0 aliphatic carbocycles. The van der Waals surface area contributed by atoms with Gasteiger partial charge in [-0.3, -0.25) is 12.5 Å². The van der Waals surface area contributed by atoms with Gasteiger partial charge >= 0.3 is 0 Å². The van der Waals surface area contributed by atoms with Crippen LogP contribution in [0.15, 0.2) is 87.5 Å². The van der Waals surface area contributed by atoms with E-state index in [-0.39, 0.29) is 21.3 Å². The Balaban J connectivity index is 1.32. The monoisotopic (exact) mass is 710 g/mol. The zero-order chi connectivity index (χ0) is 34.3. The van der Waals surface area contributed by atoms with Gasteiger partial charge < -0.3 is 9.47 Å². The van der Waals surface area contributed by atoms with Crippen LogP contribution in [0.3, 0.4) is 0 Å². The van der Waals surface area contributed by atoms with Gasteiger partial charge in [-0.1, -0.05) is 65.9 Å². The minimum Gasteiger partial charge on any atom is -0.342 e. The van der Waals surface area contributed by atoms with Crippen LogP contribution in [0.1, 0.15) is 55.7 Å². The highest BCUT2D eigenvalue weighted by Crippen LogP contribution is 2.34. The van der Waals surface area contributed by atoms with Crippen LogP contribution >= 0.6 is 0 Å². The summed E-state index contributed by atoms with van der Waals surface area (Å²) in [5.74, 6) is -1.17. The van der Waals surface area contributed by atoms with E-state index in [4.69, 9.17) is 22.0 Å². The number of hydrogen-bond acceptors (Lipinski definition) is 11. The van der Waals surface area contributed by atoms with E-state index in [1.165, 1.54) is 36.4 Å². The summed E-state index contributed by atoms with van der Waals surface area (Å²) in [7, 11) is -12.1. The first-order valence-electron chi connectivity index (χ1n) is 15.3. The van der Waals surface area contributed by atoms with Gasteiger partial charge in [0.2, 0.25) is 0 Å². The fraction of sp³-hybridized carbons (Fsp3) is 0.455. The maximum Gasteiger partial charge on any atom is 0.297 e. The van der Waals surface area contributed by atoms with Crippen LogP contribution in [0, 0.1) is 20.8 Å². The summed E-state index contributed by atoms with van der Waals surface area (Å²) in [6.07, 6.45) is 1.04. The lowest BCUT2D eigenvalue weighted by molar-refractivity contribution is -0.170. The second kappa shape index (κ2) is 15.7. The van der Waals surface area contributed by atoms with E-state index in [0.717, 1.165) is 16.7 Å². The first-order chi connectivity index (χ1) is 22.1. The average molecular weight is 711 g/mol. The summed E-state index contributed by atoms with van der Waals surface area (Å²) < 4.78 is 104. The Labute approximate surface area is 278 Å². The van der Waals surface area contributed by atoms with Gasteiger partial charge in [0.25, 0.3) is 30.4 Å². The summed E-state index contributed by atoms with van der Waals surface area (Å²) in [5.41, 5.74) is 2.73. The Hall–Kier alpha value is -2.69. The lowest BCUT2D eigenvalue weighted by atomic mass is 10.1. The van der Waals surface area contributed by atoms with Crippen LogP contribution in [-0.2, 0) is 52.4 Å². The normalized spacial score (nSPS) is 18.4. The molecule has 3 aromatic carbocycles. The molecule has 11 nitrogen and oxygen atoms in total. The zero-order valence-corrected chi connectivity index (χ0v) is 29.4. The molecule has 0 unspecified atom stereocenters. The van der Waals surface area contributed by atoms with Crippen molar-refractivity contribution in [3.63, 3.8) is 0 Å². The second-order valence-corrected chi connectivity index (χ2v) is 16.6. The van der Waals surface area contributed by atoms with Crippen LogP contribution < -0.4 is 0 Å². The number of benzene rings is 3.